The van der Waals surface area contributed by atoms with Gasteiger partial charge in [-0.3, -0.25) is 4.98 Å². The zero-order chi connectivity index (χ0) is 13.0. The highest BCUT2D eigenvalue weighted by molar-refractivity contribution is 7.99. The summed E-state index contributed by atoms with van der Waals surface area (Å²) < 4.78 is 1.64. The number of tetrazole rings is 1. The van der Waals surface area contributed by atoms with Crippen LogP contribution in [-0.4, -0.2) is 31.7 Å². The van der Waals surface area contributed by atoms with E-state index in [-0.39, 0.29) is 6.04 Å². The summed E-state index contributed by atoms with van der Waals surface area (Å²) in [6.45, 7) is 5.12. The number of pyridine rings is 1. The molecule has 2 aromatic rings. The number of aryl methyl sites for hydroxylation is 1. The topological polar surface area (TPSA) is 68.5 Å². The number of aromatic nitrogens is 5. The summed E-state index contributed by atoms with van der Waals surface area (Å²) >= 11 is 1.50. The van der Waals surface area contributed by atoms with Gasteiger partial charge in [0.2, 0.25) is 5.16 Å². The molecular formula is C11H16N6S. The average Bonchev–Trinajstić information content (AvgIpc) is 2.76. The van der Waals surface area contributed by atoms with Crippen LogP contribution in [0.3, 0.4) is 0 Å². The maximum absolute atomic E-state index is 4.45. The predicted octanol–water partition coefficient (Wildman–Crippen LogP) is 1.43. The van der Waals surface area contributed by atoms with Crippen LogP contribution >= 0.6 is 11.8 Å². The van der Waals surface area contributed by atoms with Crippen molar-refractivity contribution in [1.29, 1.82) is 0 Å². The third-order valence-electron chi connectivity index (χ3n) is 2.50. The molecular weight excluding hydrogens is 248 g/mol. The molecule has 0 aromatic carbocycles. The van der Waals surface area contributed by atoms with E-state index in [0.29, 0.717) is 0 Å². The number of nitrogens with zero attached hydrogens (tertiary/aromatic N) is 5. The van der Waals surface area contributed by atoms with Crippen LogP contribution in [0.2, 0.25) is 0 Å². The van der Waals surface area contributed by atoms with Gasteiger partial charge in [-0.05, 0) is 47.8 Å². The second kappa shape index (κ2) is 5.92. The maximum atomic E-state index is 4.45. The molecule has 2 aromatic heterocycles. The molecule has 0 saturated heterocycles. The molecule has 0 radical (unpaired) electrons. The Morgan fingerprint density at radius 2 is 2.28 bits per heavy atom. The molecule has 0 spiro atoms. The minimum atomic E-state index is 0.269. The van der Waals surface area contributed by atoms with Gasteiger partial charge in [0.1, 0.15) is 0 Å². The molecule has 0 bridgehead atoms. The highest BCUT2D eigenvalue weighted by atomic mass is 32.2. The first kappa shape index (κ1) is 13.0. The summed E-state index contributed by atoms with van der Waals surface area (Å²) in [4.78, 5) is 5.47. The minimum absolute atomic E-state index is 0.269. The second-order valence-corrected chi connectivity index (χ2v) is 4.93. The first-order chi connectivity index (χ1) is 8.70. The summed E-state index contributed by atoms with van der Waals surface area (Å²) in [6.07, 6.45) is 1.85. The first-order valence-corrected chi connectivity index (χ1v) is 6.62. The highest BCUT2D eigenvalue weighted by Gasteiger charge is 2.07. The van der Waals surface area contributed by atoms with Crippen molar-refractivity contribution in [1.82, 2.24) is 30.5 Å². The molecule has 2 rings (SSSR count). The Morgan fingerprint density at radius 1 is 1.44 bits per heavy atom. The third-order valence-corrected chi connectivity index (χ3v) is 3.51. The fraction of sp³-hybridized carbons (Fsp3) is 0.455. The van der Waals surface area contributed by atoms with Crippen LogP contribution in [0.1, 0.15) is 25.6 Å². The third kappa shape index (κ3) is 3.05. The zero-order valence-electron chi connectivity index (χ0n) is 10.7. The van der Waals surface area contributed by atoms with Crippen LogP contribution in [0.4, 0.5) is 0 Å². The molecule has 2 heterocycles. The number of hydrogen-bond acceptors (Lipinski definition) is 6. The van der Waals surface area contributed by atoms with Crippen molar-refractivity contribution in [2.24, 2.45) is 7.05 Å². The van der Waals surface area contributed by atoms with Crippen LogP contribution in [0, 0.1) is 0 Å². The van der Waals surface area contributed by atoms with Gasteiger partial charge in [-0.1, -0.05) is 6.92 Å². The highest BCUT2D eigenvalue weighted by Crippen LogP contribution is 2.24. The van der Waals surface area contributed by atoms with E-state index in [1.54, 1.807) is 4.68 Å². The van der Waals surface area contributed by atoms with Crippen molar-refractivity contribution in [3.63, 3.8) is 0 Å². The van der Waals surface area contributed by atoms with Gasteiger partial charge in [-0.2, -0.15) is 0 Å². The van der Waals surface area contributed by atoms with Gasteiger partial charge in [0, 0.05) is 24.2 Å². The fourth-order valence-corrected chi connectivity index (χ4v) is 2.23. The maximum Gasteiger partial charge on any atom is 0.213 e. The molecule has 0 fully saturated rings. The Labute approximate surface area is 110 Å². The Morgan fingerprint density at radius 3 is 2.83 bits per heavy atom. The van der Waals surface area contributed by atoms with Crippen molar-refractivity contribution in [2.75, 3.05) is 6.54 Å². The molecule has 1 unspecified atom stereocenters. The molecule has 7 heteroatoms. The molecule has 0 aliphatic rings. The van der Waals surface area contributed by atoms with Crippen LogP contribution in [0.5, 0.6) is 0 Å². The largest absolute Gasteiger partial charge is 0.309 e. The Hall–Kier alpha value is -1.47. The Bertz CT molecular complexity index is 494. The van der Waals surface area contributed by atoms with Crippen molar-refractivity contribution < 1.29 is 0 Å². The molecule has 18 heavy (non-hydrogen) atoms. The quantitative estimate of drug-likeness (QED) is 0.881. The van der Waals surface area contributed by atoms with Gasteiger partial charge in [-0.15, -0.1) is 5.10 Å². The fourth-order valence-electron chi connectivity index (χ4n) is 1.53. The van der Waals surface area contributed by atoms with E-state index < -0.39 is 0 Å². The number of rotatable bonds is 5. The number of nitrogens with one attached hydrogen (secondary N) is 1. The Kier molecular flexibility index (Phi) is 4.27. The van der Waals surface area contributed by atoms with Crippen LogP contribution < -0.4 is 5.32 Å². The van der Waals surface area contributed by atoms with E-state index in [9.17, 15) is 0 Å². The van der Waals surface area contributed by atoms with E-state index in [1.165, 1.54) is 11.8 Å². The van der Waals surface area contributed by atoms with Gasteiger partial charge < -0.3 is 5.32 Å². The van der Waals surface area contributed by atoms with Crippen LogP contribution in [-0.2, 0) is 7.05 Å². The molecule has 0 amide bonds. The molecule has 0 aliphatic carbocycles. The first-order valence-electron chi connectivity index (χ1n) is 5.80. The van der Waals surface area contributed by atoms with E-state index in [2.05, 4.69) is 39.7 Å². The lowest BCUT2D eigenvalue weighted by Gasteiger charge is -2.11. The molecule has 96 valence electrons. The van der Waals surface area contributed by atoms with Crippen molar-refractivity contribution in [3.8, 4) is 0 Å². The van der Waals surface area contributed by atoms with Crippen LogP contribution in [0.15, 0.2) is 28.4 Å². The van der Waals surface area contributed by atoms with E-state index >= 15 is 0 Å². The summed E-state index contributed by atoms with van der Waals surface area (Å²) in [5, 5.41) is 15.4. The summed E-state index contributed by atoms with van der Waals surface area (Å²) in [7, 11) is 1.82. The van der Waals surface area contributed by atoms with Gasteiger partial charge in [0.05, 0.1) is 5.69 Å². The molecule has 1 N–H and O–H groups in total. The minimum Gasteiger partial charge on any atom is -0.309 e. The zero-order valence-corrected chi connectivity index (χ0v) is 11.5. The predicted molar refractivity (Wildman–Crippen MR) is 69.2 cm³/mol. The summed E-state index contributed by atoms with van der Waals surface area (Å²) in [6, 6.07) is 4.33. The molecule has 6 nitrogen and oxygen atoms in total. The van der Waals surface area contributed by atoms with Gasteiger partial charge >= 0.3 is 0 Å². The van der Waals surface area contributed by atoms with E-state index in [1.807, 2.05) is 25.4 Å². The second-order valence-electron chi connectivity index (χ2n) is 3.89. The van der Waals surface area contributed by atoms with Crippen molar-refractivity contribution >= 4 is 11.8 Å². The molecule has 0 saturated carbocycles. The lowest BCUT2D eigenvalue weighted by Crippen LogP contribution is -2.18. The molecule has 1 atom stereocenters. The monoisotopic (exact) mass is 264 g/mol. The van der Waals surface area contributed by atoms with E-state index in [0.717, 1.165) is 22.3 Å². The smallest absolute Gasteiger partial charge is 0.213 e. The van der Waals surface area contributed by atoms with Crippen LogP contribution in [0.25, 0.3) is 0 Å². The average molecular weight is 264 g/mol. The SMILES string of the molecule is CCNC(C)c1ccc(Sc2nnnn2C)cn1. The lowest BCUT2D eigenvalue weighted by atomic mass is 10.2. The summed E-state index contributed by atoms with van der Waals surface area (Å²) in [5.74, 6) is 0. The Balaban J connectivity index is 2.06. The normalized spacial score (nSPS) is 12.6. The van der Waals surface area contributed by atoms with Crippen molar-refractivity contribution in [2.45, 2.75) is 29.9 Å². The molecule has 0 aliphatic heterocycles. The van der Waals surface area contributed by atoms with Crippen molar-refractivity contribution in [3.05, 3.63) is 24.0 Å². The standard InChI is InChI=1S/C11H16N6S/c1-4-12-8(2)10-6-5-9(7-13-10)18-11-14-15-16-17(11)3/h5-8,12H,4H2,1-3H3. The number of hydrogen-bond donors (Lipinski definition) is 1. The van der Waals surface area contributed by atoms with E-state index in [4.69, 9.17) is 0 Å². The van der Waals surface area contributed by atoms with Gasteiger partial charge in [0.25, 0.3) is 0 Å². The summed E-state index contributed by atoms with van der Waals surface area (Å²) in [5.41, 5.74) is 1.04. The van der Waals surface area contributed by atoms with Gasteiger partial charge in [-0.25, -0.2) is 4.68 Å². The lowest BCUT2D eigenvalue weighted by molar-refractivity contribution is 0.582. The van der Waals surface area contributed by atoms with Gasteiger partial charge in [0.15, 0.2) is 0 Å².